The summed E-state index contributed by atoms with van der Waals surface area (Å²) in [4.78, 5) is 65.1. The van der Waals surface area contributed by atoms with Gasteiger partial charge in [0.2, 0.25) is 0 Å². The number of likely N-dealkylation sites (N-methyl/N-ethyl adjacent to an activating group) is 1. The lowest BCUT2D eigenvalue weighted by Crippen LogP contribution is -2.17. The Morgan fingerprint density at radius 1 is 0.461 bits per heavy atom. The zero-order valence-corrected chi connectivity index (χ0v) is 50.9. The molecule has 1 fully saturated rings. The molecule has 1 heterocycles. The van der Waals surface area contributed by atoms with Gasteiger partial charge in [0.25, 0.3) is 0 Å². The van der Waals surface area contributed by atoms with Gasteiger partial charge in [-0.25, -0.2) is 0 Å². The summed E-state index contributed by atoms with van der Waals surface area (Å²) < 4.78 is 35.8. The molecule has 0 bridgehead atoms. The molecular weight excluding hydrogens is 967 g/mol. The van der Waals surface area contributed by atoms with E-state index in [-0.39, 0.29) is 30.1 Å². The summed E-state index contributed by atoms with van der Waals surface area (Å²) >= 11 is 0. The van der Waals surface area contributed by atoms with Crippen molar-refractivity contribution in [3.63, 3.8) is 0 Å². The predicted octanol–water partition coefficient (Wildman–Crippen LogP) is 13.9. The van der Waals surface area contributed by atoms with Crippen molar-refractivity contribution < 1.29 is 61.9 Å². The van der Waals surface area contributed by atoms with Crippen LogP contribution in [-0.4, -0.2) is 144 Å². The van der Waals surface area contributed by atoms with Gasteiger partial charge in [-0.3, -0.25) is 4.79 Å². The summed E-state index contributed by atoms with van der Waals surface area (Å²) in [5, 5.41) is 0. The van der Waals surface area contributed by atoms with Crippen LogP contribution >= 0.6 is 0 Å². The molecule has 0 aliphatic carbocycles. The average molecular weight is 1090 g/mol. The molecule has 2 unspecified atom stereocenters. The van der Waals surface area contributed by atoms with E-state index < -0.39 is 0 Å². The molecule has 76 heavy (non-hydrogen) atoms. The largest absolute Gasteiger partial charge is 0.499 e. The number of unbranched alkanes of at least 4 members (excludes halogenated alkanes) is 20. The number of aldehydes is 5. The van der Waals surface area contributed by atoms with E-state index in [2.05, 4.69) is 46.2 Å². The van der Waals surface area contributed by atoms with Gasteiger partial charge in [-0.1, -0.05) is 163 Å². The smallest absolute Gasteiger partial charge is 0.306 e. The fraction of sp³-hybridized carbons (Fsp3) is 0.871. The van der Waals surface area contributed by atoms with Gasteiger partial charge in [-0.2, -0.15) is 0 Å². The number of hydrogen-bond donors (Lipinski definition) is 0. The van der Waals surface area contributed by atoms with E-state index in [1.807, 2.05) is 0 Å². The fourth-order valence-electron chi connectivity index (χ4n) is 7.85. The Bertz CT molecular complexity index is 1100. The lowest BCUT2D eigenvalue weighted by Gasteiger charge is -2.16. The molecule has 0 amide bonds. The Morgan fingerprint density at radius 3 is 1.12 bits per heavy atom. The summed E-state index contributed by atoms with van der Waals surface area (Å²) in [7, 11) is 10.7. The minimum absolute atomic E-state index is 0.0764. The molecular formula is C62H121NO13. The van der Waals surface area contributed by atoms with E-state index in [4.69, 9.17) is 33.2 Å². The minimum atomic E-state index is -0.218. The molecule has 14 nitrogen and oxygen atoms in total. The number of likely N-dealkylation sites (tertiary alicyclic amines) is 1. The number of carbonyl (C=O) groups excluding carboxylic acids is 6. The normalized spacial score (nSPS) is 12.9. The Kier molecular flexibility index (Phi) is 80.0. The molecule has 0 radical (unpaired) electrons. The van der Waals surface area contributed by atoms with Crippen LogP contribution in [-0.2, 0) is 61.9 Å². The number of hydrogen-bond acceptors (Lipinski definition) is 14. The molecule has 1 rings (SSSR count). The quantitative estimate of drug-likeness (QED) is 0.0244. The number of carbonyl (C=O) groups is 6. The van der Waals surface area contributed by atoms with Gasteiger partial charge in [0.05, 0.1) is 38.3 Å². The van der Waals surface area contributed by atoms with Crippen molar-refractivity contribution >= 4 is 37.4 Å². The van der Waals surface area contributed by atoms with E-state index in [1.54, 1.807) is 35.5 Å². The van der Waals surface area contributed by atoms with Gasteiger partial charge in [0.1, 0.15) is 31.4 Å². The first-order valence-electron chi connectivity index (χ1n) is 29.8. The second-order valence-electron chi connectivity index (χ2n) is 20.0. The van der Waals surface area contributed by atoms with Gasteiger partial charge in [0.15, 0.2) is 0 Å². The van der Waals surface area contributed by atoms with Crippen molar-refractivity contribution in [3.8, 4) is 0 Å². The Morgan fingerprint density at radius 2 is 0.803 bits per heavy atom. The molecule has 0 aromatic carbocycles. The zero-order valence-electron chi connectivity index (χ0n) is 50.9. The van der Waals surface area contributed by atoms with Crippen LogP contribution in [0.15, 0.2) is 12.3 Å². The SMILES string of the molecule is C=C(CC(CC=O)CC(=O)OCCCCCCCC)OCCCCCCCC.CCCCCCCCOC.CCCCCCCCOC.COC1CCN(C)C1.COCC(CC=O)COC.O=CCC(CC=O)CC=O. The first kappa shape index (κ1) is 82.0. The Hall–Kier alpha value is -2.88. The molecule has 0 aromatic rings. The highest BCUT2D eigenvalue weighted by molar-refractivity contribution is 5.70. The molecule has 1 saturated heterocycles. The number of allylic oxidation sites excluding steroid dienone is 1. The molecule has 0 spiro atoms. The van der Waals surface area contributed by atoms with E-state index in [0.29, 0.717) is 76.8 Å². The van der Waals surface area contributed by atoms with Crippen LogP contribution in [0, 0.1) is 17.8 Å². The number of ether oxygens (including phenoxy) is 7. The van der Waals surface area contributed by atoms with E-state index in [1.165, 1.54) is 148 Å². The third kappa shape index (κ3) is 73.2. The third-order valence-corrected chi connectivity index (χ3v) is 12.6. The van der Waals surface area contributed by atoms with Crippen LogP contribution in [0.2, 0.25) is 0 Å². The number of methoxy groups -OCH3 is 5. The molecule has 0 aromatic heterocycles. The number of nitrogens with zero attached hydrogens (tertiary/aromatic N) is 1. The monoisotopic (exact) mass is 1090 g/mol. The van der Waals surface area contributed by atoms with Gasteiger partial charge < -0.3 is 62.0 Å². The summed E-state index contributed by atoms with van der Waals surface area (Å²) in [6.45, 7) is 19.4. The zero-order chi connectivity index (χ0) is 57.8. The molecule has 14 heteroatoms. The second kappa shape index (κ2) is 74.2. The standard InChI is InChI=1S/C24H44O4.2C9H20O.C7H14O3.C7H10O3.C6H13NO/c1-4-6-8-10-12-14-18-27-22(3)20-23(16-17-25)21-24(26)28-19-15-13-11-9-7-5-2;2*1-3-4-5-6-7-8-9-10-2;1-9-5-7(3-4-8)6-10-2;8-4-1-7(2-5-9)3-6-10;1-7-4-3-6(5-7)8-2/h17,23H,3-16,18-21H2,1-2H3;2*3-9H2,1-2H3;4,7H,3,5-6H2,1-2H3;4-7H,1-3H2;6H,3-5H2,1-2H3. The Balaban J connectivity index is -0.000000290. The second-order valence-corrected chi connectivity index (χ2v) is 20.0. The maximum atomic E-state index is 12.0. The van der Waals surface area contributed by atoms with Gasteiger partial charge in [0, 0.05) is 113 Å². The van der Waals surface area contributed by atoms with Gasteiger partial charge >= 0.3 is 5.97 Å². The van der Waals surface area contributed by atoms with Gasteiger partial charge in [-0.05, 0) is 51.0 Å². The molecule has 1 aliphatic rings. The van der Waals surface area contributed by atoms with Crippen LogP contribution in [0.4, 0.5) is 0 Å². The third-order valence-electron chi connectivity index (χ3n) is 12.6. The first-order valence-corrected chi connectivity index (χ1v) is 29.8. The van der Waals surface area contributed by atoms with Crippen molar-refractivity contribution in [2.75, 3.05) is 95.3 Å². The van der Waals surface area contributed by atoms with E-state index >= 15 is 0 Å². The van der Waals surface area contributed by atoms with Crippen molar-refractivity contribution in [2.45, 2.75) is 239 Å². The van der Waals surface area contributed by atoms with E-state index in [9.17, 15) is 28.8 Å². The van der Waals surface area contributed by atoms with Crippen molar-refractivity contribution in [1.29, 1.82) is 0 Å². The Labute approximate surface area is 467 Å². The average Bonchev–Trinajstić information content (AvgIpc) is 3.84. The molecule has 0 N–H and O–H groups in total. The summed E-state index contributed by atoms with van der Waals surface area (Å²) in [5.41, 5.74) is 0. The van der Waals surface area contributed by atoms with Crippen LogP contribution in [0.1, 0.15) is 233 Å². The first-order chi connectivity index (χ1) is 37.0. The highest BCUT2D eigenvalue weighted by Gasteiger charge is 2.18. The molecule has 0 saturated carbocycles. The topological polar surface area (TPSA) is 170 Å². The highest BCUT2D eigenvalue weighted by atomic mass is 16.5. The summed E-state index contributed by atoms with van der Waals surface area (Å²) in [6.07, 6.45) is 38.7. The fourth-order valence-corrected chi connectivity index (χ4v) is 7.85. The number of rotatable bonds is 48. The van der Waals surface area contributed by atoms with Crippen LogP contribution in [0.5, 0.6) is 0 Å². The van der Waals surface area contributed by atoms with Crippen LogP contribution < -0.4 is 0 Å². The molecule has 2 atom stereocenters. The van der Waals surface area contributed by atoms with Gasteiger partial charge in [-0.15, -0.1) is 0 Å². The van der Waals surface area contributed by atoms with Crippen LogP contribution in [0.3, 0.4) is 0 Å². The lowest BCUT2D eigenvalue weighted by molar-refractivity contribution is -0.145. The summed E-state index contributed by atoms with van der Waals surface area (Å²) in [5.74, 6) is 0.514. The predicted molar refractivity (Wildman–Crippen MR) is 313 cm³/mol. The van der Waals surface area contributed by atoms with Crippen LogP contribution in [0.25, 0.3) is 0 Å². The lowest BCUT2D eigenvalue weighted by atomic mass is 9.97. The minimum Gasteiger partial charge on any atom is -0.499 e. The van der Waals surface area contributed by atoms with Crippen molar-refractivity contribution in [3.05, 3.63) is 12.3 Å². The maximum Gasteiger partial charge on any atom is 0.306 e. The summed E-state index contributed by atoms with van der Waals surface area (Å²) in [6, 6.07) is 0. The number of esters is 1. The molecule has 452 valence electrons. The molecule has 1 aliphatic heterocycles. The maximum absolute atomic E-state index is 12.0. The van der Waals surface area contributed by atoms with Crippen molar-refractivity contribution in [1.82, 2.24) is 4.90 Å². The highest BCUT2D eigenvalue weighted by Crippen LogP contribution is 2.20. The van der Waals surface area contributed by atoms with E-state index in [0.717, 1.165) is 70.5 Å². The van der Waals surface area contributed by atoms with Crippen molar-refractivity contribution in [2.24, 2.45) is 17.8 Å².